The van der Waals surface area contributed by atoms with Crippen LogP contribution in [0.4, 0.5) is 5.69 Å². The minimum absolute atomic E-state index is 0.0218. The summed E-state index contributed by atoms with van der Waals surface area (Å²) in [5, 5.41) is 2.89. The van der Waals surface area contributed by atoms with Crippen molar-refractivity contribution in [3.8, 4) is 11.1 Å². The van der Waals surface area contributed by atoms with Gasteiger partial charge >= 0.3 is 0 Å². The van der Waals surface area contributed by atoms with Crippen LogP contribution in [-0.2, 0) is 4.79 Å². The fourth-order valence-corrected chi connectivity index (χ4v) is 4.81. The summed E-state index contributed by atoms with van der Waals surface area (Å²) >= 11 is 0. The summed E-state index contributed by atoms with van der Waals surface area (Å²) in [4.78, 5) is 64.9. The van der Waals surface area contributed by atoms with Crippen molar-refractivity contribution >= 4 is 33.1 Å². The van der Waals surface area contributed by atoms with Crippen molar-refractivity contribution in [3.63, 3.8) is 0 Å². The highest BCUT2D eigenvalue weighted by Gasteiger charge is 2.47. The van der Waals surface area contributed by atoms with Crippen molar-refractivity contribution < 1.29 is 4.79 Å². The van der Waals surface area contributed by atoms with Gasteiger partial charge in [0, 0.05) is 49.4 Å². The molecular formula is C26H27N3O5. The predicted octanol–water partition coefficient (Wildman–Crippen LogP) is 1.66. The number of hydrogen-bond donors (Lipinski definition) is 3. The number of amides is 1. The lowest BCUT2D eigenvalue weighted by molar-refractivity contribution is -0.129. The molecule has 4 rings (SSSR count). The second-order valence-electron chi connectivity index (χ2n) is 10.7. The van der Waals surface area contributed by atoms with Gasteiger partial charge in [0.15, 0.2) is 0 Å². The summed E-state index contributed by atoms with van der Waals surface area (Å²) < 4.78 is 0. The van der Waals surface area contributed by atoms with Gasteiger partial charge in [-0.3, -0.25) is 24.0 Å². The van der Waals surface area contributed by atoms with E-state index in [0.29, 0.717) is 0 Å². The second kappa shape index (κ2) is 7.25. The van der Waals surface area contributed by atoms with Crippen LogP contribution in [0.25, 0.3) is 32.7 Å². The smallest absolute Gasteiger partial charge is 0.234 e. The molecule has 0 saturated carbocycles. The maximum atomic E-state index is 13.5. The van der Waals surface area contributed by atoms with Gasteiger partial charge in [-0.05, 0) is 53.2 Å². The van der Waals surface area contributed by atoms with E-state index >= 15 is 0 Å². The Morgan fingerprint density at radius 3 is 1.59 bits per heavy atom. The predicted molar refractivity (Wildman–Crippen MR) is 135 cm³/mol. The van der Waals surface area contributed by atoms with Crippen LogP contribution in [0.5, 0.6) is 0 Å². The van der Waals surface area contributed by atoms with Crippen LogP contribution in [0.15, 0.2) is 49.5 Å². The quantitative estimate of drug-likeness (QED) is 0.302. The van der Waals surface area contributed by atoms with Crippen molar-refractivity contribution in [2.75, 3.05) is 5.32 Å². The molecule has 2 aromatic rings. The lowest BCUT2D eigenvalue weighted by atomic mass is 9.66. The topological polar surface area (TPSA) is 149 Å². The molecule has 0 bridgehead atoms. The SMILES string of the molecule is CC(C)(N)CC(C)(C(=O)Nc1cc2c3c(c1)c(=O)c(=O)c1cccc(c1-3)c(=O)c2=O)C(C)(C)N. The summed E-state index contributed by atoms with van der Waals surface area (Å²) in [5.41, 5.74) is 7.29. The van der Waals surface area contributed by atoms with Gasteiger partial charge in [0.05, 0.1) is 5.41 Å². The molecule has 0 fully saturated rings. The van der Waals surface area contributed by atoms with Crippen LogP contribution < -0.4 is 38.5 Å². The molecule has 1 unspecified atom stereocenters. The van der Waals surface area contributed by atoms with Gasteiger partial charge in [0.25, 0.3) is 0 Å². The molecule has 2 aromatic carbocycles. The summed E-state index contributed by atoms with van der Waals surface area (Å²) in [6.07, 6.45) is 0.249. The van der Waals surface area contributed by atoms with Crippen molar-refractivity contribution in [2.24, 2.45) is 16.9 Å². The molecule has 0 radical (unpaired) electrons. The number of anilines is 1. The highest BCUT2D eigenvalue weighted by atomic mass is 16.2. The monoisotopic (exact) mass is 461 g/mol. The fraction of sp³-hybridized carbons (Fsp3) is 0.346. The van der Waals surface area contributed by atoms with Crippen LogP contribution in [0.1, 0.15) is 41.0 Å². The lowest BCUT2D eigenvalue weighted by Crippen LogP contribution is -2.59. The second-order valence-corrected chi connectivity index (χ2v) is 10.7. The van der Waals surface area contributed by atoms with E-state index < -0.39 is 44.1 Å². The Bertz CT molecular complexity index is 1550. The van der Waals surface area contributed by atoms with Gasteiger partial charge in [-0.15, -0.1) is 0 Å². The standard InChI is InChI=1S/C26H27N3O5/c1-24(2,27)11-26(5,25(3,4)28)23(34)29-12-9-15-18-16(10-12)22(33)20(31)14-8-6-7-13(17(14)18)19(30)21(15)32/h6-10H,11,27-28H2,1-5H3,(H,29,34). The van der Waals surface area contributed by atoms with E-state index in [1.807, 2.05) is 0 Å². The number of nitrogens with one attached hydrogen (secondary N) is 1. The summed E-state index contributed by atoms with van der Waals surface area (Å²) in [7, 11) is 0. The third-order valence-corrected chi connectivity index (χ3v) is 6.83. The molecule has 176 valence electrons. The highest BCUT2D eigenvalue weighted by Crippen LogP contribution is 2.39. The minimum atomic E-state index is -1.13. The van der Waals surface area contributed by atoms with E-state index in [2.05, 4.69) is 5.32 Å². The Hall–Kier alpha value is -3.49. The van der Waals surface area contributed by atoms with Crippen molar-refractivity contribution in [1.29, 1.82) is 0 Å². The minimum Gasteiger partial charge on any atom is -0.326 e. The van der Waals surface area contributed by atoms with Crippen molar-refractivity contribution in [1.82, 2.24) is 0 Å². The van der Waals surface area contributed by atoms with Gasteiger partial charge in [-0.2, -0.15) is 0 Å². The zero-order valence-corrected chi connectivity index (χ0v) is 19.8. The summed E-state index contributed by atoms with van der Waals surface area (Å²) in [6, 6.07) is 7.15. The largest absolute Gasteiger partial charge is 0.326 e. The Labute approximate surface area is 194 Å². The van der Waals surface area contributed by atoms with Crippen LogP contribution in [0.3, 0.4) is 0 Å². The Morgan fingerprint density at radius 2 is 1.18 bits per heavy atom. The first-order chi connectivity index (χ1) is 15.6. The van der Waals surface area contributed by atoms with E-state index in [0.717, 1.165) is 0 Å². The van der Waals surface area contributed by atoms with Crippen LogP contribution in [0, 0.1) is 5.41 Å². The molecule has 2 aliphatic rings. The molecule has 0 aliphatic heterocycles. The van der Waals surface area contributed by atoms with E-state index in [-0.39, 0.29) is 44.8 Å². The van der Waals surface area contributed by atoms with E-state index in [9.17, 15) is 24.0 Å². The number of carbonyl (C=O) groups is 1. The fourth-order valence-electron chi connectivity index (χ4n) is 4.81. The number of benzene rings is 4. The molecule has 0 spiro atoms. The van der Waals surface area contributed by atoms with Gasteiger partial charge in [-0.1, -0.05) is 18.2 Å². The molecule has 8 heteroatoms. The third kappa shape index (κ3) is 3.41. The Morgan fingerprint density at radius 1 is 0.765 bits per heavy atom. The van der Waals surface area contributed by atoms with E-state index in [1.165, 1.54) is 30.3 Å². The Kier molecular flexibility index (Phi) is 5.05. The maximum Gasteiger partial charge on any atom is 0.234 e. The summed E-state index contributed by atoms with van der Waals surface area (Å²) in [5.74, 6) is -0.462. The zero-order valence-electron chi connectivity index (χ0n) is 19.8. The number of hydrogen-bond acceptors (Lipinski definition) is 7. The molecule has 0 heterocycles. The first-order valence-corrected chi connectivity index (χ1v) is 11.0. The van der Waals surface area contributed by atoms with Crippen LogP contribution in [0.2, 0.25) is 0 Å². The molecule has 1 atom stereocenters. The van der Waals surface area contributed by atoms with E-state index in [4.69, 9.17) is 11.5 Å². The zero-order chi connectivity index (χ0) is 25.4. The normalized spacial score (nSPS) is 14.7. The van der Waals surface area contributed by atoms with Gasteiger partial charge in [0.2, 0.25) is 27.6 Å². The number of nitrogens with two attached hydrogens (primary N) is 2. The molecule has 8 nitrogen and oxygen atoms in total. The molecule has 5 N–H and O–H groups in total. The molecule has 2 aliphatic carbocycles. The molecule has 0 saturated heterocycles. The van der Waals surface area contributed by atoms with Crippen molar-refractivity contribution in [2.45, 2.75) is 52.1 Å². The molecular weight excluding hydrogens is 434 g/mol. The van der Waals surface area contributed by atoms with Gasteiger partial charge in [-0.25, -0.2) is 0 Å². The first-order valence-electron chi connectivity index (χ1n) is 11.0. The summed E-state index contributed by atoms with van der Waals surface area (Å²) in [6.45, 7) is 8.72. The van der Waals surface area contributed by atoms with Gasteiger partial charge < -0.3 is 16.8 Å². The van der Waals surface area contributed by atoms with Crippen molar-refractivity contribution in [3.05, 3.63) is 71.2 Å². The maximum absolute atomic E-state index is 13.5. The molecule has 34 heavy (non-hydrogen) atoms. The first kappa shape index (κ1) is 23.7. The molecule has 0 aromatic heterocycles. The number of carbonyl (C=O) groups excluding carboxylic acids is 1. The Balaban J connectivity index is 1.98. The van der Waals surface area contributed by atoms with Gasteiger partial charge in [0.1, 0.15) is 0 Å². The third-order valence-electron chi connectivity index (χ3n) is 6.83. The average molecular weight is 462 g/mol. The molecule has 1 amide bonds. The van der Waals surface area contributed by atoms with E-state index in [1.54, 1.807) is 34.6 Å². The van der Waals surface area contributed by atoms with Crippen LogP contribution in [-0.4, -0.2) is 17.0 Å². The van der Waals surface area contributed by atoms with Crippen LogP contribution >= 0.6 is 0 Å². The average Bonchev–Trinajstić information content (AvgIpc) is 2.72. The number of rotatable bonds is 5. The lowest BCUT2D eigenvalue weighted by Gasteiger charge is -2.43. The highest BCUT2D eigenvalue weighted by molar-refractivity contribution is 6.13.